The van der Waals surface area contributed by atoms with Crippen LogP contribution in [0, 0.1) is 12.3 Å². The van der Waals surface area contributed by atoms with E-state index in [2.05, 4.69) is 0 Å². The number of thiophene rings is 1. The summed E-state index contributed by atoms with van der Waals surface area (Å²) in [5.74, 6) is -0.867. The van der Waals surface area contributed by atoms with E-state index in [4.69, 9.17) is 10.8 Å². The first-order chi connectivity index (χ1) is 6.35. The first-order valence-corrected chi connectivity index (χ1v) is 5.27. The first-order valence-electron chi connectivity index (χ1n) is 4.39. The van der Waals surface area contributed by atoms with Gasteiger partial charge in [0.1, 0.15) is 0 Å². The fourth-order valence-corrected chi connectivity index (χ4v) is 1.92. The summed E-state index contributed by atoms with van der Waals surface area (Å²) in [6.45, 7) is 5.27. The van der Waals surface area contributed by atoms with Crippen molar-refractivity contribution in [2.75, 3.05) is 0 Å². The third-order valence-electron chi connectivity index (χ3n) is 2.44. The van der Waals surface area contributed by atoms with E-state index < -0.39 is 17.4 Å². The molecule has 0 saturated carbocycles. The van der Waals surface area contributed by atoms with Crippen LogP contribution in [-0.2, 0) is 4.79 Å². The van der Waals surface area contributed by atoms with Gasteiger partial charge in [-0.3, -0.25) is 4.79 Å². The lowest BCUT2D eigenvalue weighted by atomic mass is 9.82. The SMILES string of the molecule is Cc1cc(C(N)C(C)(C)C(=O)O)cs1. The van der Waals surface area contributed by atoms with Crippen LogP contribution in [0.4, 0.5) is 0 Å². The Hall–Kier alpha value is -0.870. The summed E-state index contributed by atoms with van der Waals surface area (Å²) >= 11 is 1.59. The van der Waals surface area contributed by atoms with Gasteiger partial charge in [-0.25, -0.2) is 0 Å². The Morgan fingerprint density at radius 1 is 1.64 bits per heavy atom. The predicted octanol–water partition coefficient (Wildman–Crippen LogP) is 2.17. The standard InChI is InChI=1S/C10H15NO2S/c1-6-4-7(5-14-6)8(11)10(2,3)9(12)13/h4-5,8H,11H2,1-3H3,(H,12,13). The molecule has 0 bridgehead atoms. The van der Waals surface area contributed by atoms with Crippen LogP contribution in [0.5, 0.6) is 0 Å². The number of rotatable bonds is 3. The van der Waals surface area contributed by atoms with Gasteiger partial charge in [-0.1, -0.05) is 0 Å². The monoisotopic (exact) mass is 213 g/mol. The van der Waals surface area contributed by atoms with E-state index >= 15 is 0 Å². The summed E-state index contributed by atoms with van der Waals surface area (Å²) in [4.78, 5) is 12.1. The maximum atomic E-state index is 11.0. The van der Waals surface area contributed by atoms with Crippen molar-refractivity contribution in [1.82, 2.24) is 0 Å². The molecule has 1 unspecified atom stereocenters. The molecule has 1 atom stereocenters. The Labute approximate surface area is 87.6 Å². The van der Waals surface area contributed by atoms with E-state index in [1.54, 1.807) is 25.2 Å². The average molecular weight is 213 g/mol. The fraction of sp³-hybridized carbons (Fsp3) is 0.500. The topological polar surface area (TPSA) is 63.3 Å². The highest BCUT2D eigenvalue weighted by Gasteiger charge is 2.35. The summed E-state index contributed by atoms with van der Waals surface area (Å²) in [6, 6.07) is 1.49. The molecule has 1 aromatic rings. The zero-order chi connectivity index (χ0) is 10.9. The van der Waals surface area contributed by atoms with Crippen LogP contribution < -0.4 is 5.73 Å². The van der Waals surface area contributed by atoms with Gasteiger partial charge in [0.2, 0.25) is 0 Å². The molecule has 1 rings (SSSR count). The maximum absolute atomic E-state index is 11.0. The number of aliphatic carboxylic acids is 1. The van der Waals surface area contributed by atoms with E-state index in [-0.39, 0.29) is 0 Å². The zero-order valence-electron chi connectivity index (χ0n) is 8.57. The van der Waals surface area contributed by atoms with Crippen LogP contribution in [-0.4, -0.2) is 11.1 Å². The van der Waals surface area contributed by atoms with Crippen molar-refractivity contribution >= 4 is 17.3 Å². The summed E-state index contributed by atoms with van der Waals surface area (Å²) in [7, 11) is 0. The molecule has 0 fully saturated rings. The molecule has 0 radical (unpaired) electrons. The van der Waals surface area contributed by atoms with Crippen molar-refractivity contribution in [2.24, 2.45) is 11.1 Å². The second-order valence-electron chi connectivity index (χ2n) is 4.00. The molecule has 0 amide bonds. The Balaban J connectivity index is 2.95. The average Bonchev–Trinajstić information content (AvgIpc) is 2.50. The van der Waals surface area contributed by atoms with Gasteiger partial charge in [-0.2, -0.15) is 0 Å². The third kappa shape index (κ3) is 1.96. The molecule has 1 aromatic heterocycles. The summed E-state index contributed by atoms with van der Waals surface area (Å²) in [5.41, 5.74) is 5.89. The lowest BCUT2D eigenvalue weighted by Gasteiger charge is -2.26. The minimum atomic E-state index is -0.923. The molecule has 0 spiro atoms. The molecule has 0 aliphatic rings. The Morgan fingerprint density at radius 2 is 2.21 bits per heavy atom. The first kappa shape index (κ1) is 11.2. The number of nitrogens with two attached hydrogens (primary N) is 1. The predicted molar refractivity (Wildman–Crippen MR) is 57.4 cm³/mol. The van der Waals surface area contributed by atoms with E-state index in [9.17, 15) is 4.79 Å². The van der Waals surface area contributed by atoms with Crippen LogP contribution in [0.2, 0.25) is 0 Å². The highest BCUT2D eigenvalue weighted by molar-refractivity contribution is 7.10. The fourth-order valence-electron chi connectivity index (χ4n) is 1.18. The maximum Gasteiger partial charge on any atom is 0.311 e. The van der Waals surface area contributed by atoms with E-state index in [1.807, 2.05) is 18.4 Å². The van der Waals surface area contributed by atoms with Crippen molar-refractivity contribution < 1.29 is 9.90 Å². The van der Waals surface area contributed by atoms with E-state index in [1.165, 1.54) is 0 Å². The van der Waals surface area contributed by atoms with Gasteiger partial charge in [0.15, 0.2) is 0 Å². The van der Waals surface area contributed by atoms with Gasteiger partial charge < -0.3 is 10.8 Å². The minimum absolute atomic E-state index is 0.454. The van der Waals surface area contributed by atoms with Gasteiger partial charge in [0.05, 0.1) is 5.41 Å². The van der Waals surface area contributed by atoms with Crippen LogP contribution in [0.3, 0.4) is 0 Å². The number of hydrogen-bond acceptors (Lipinski definition) is 3. The van der Waals surface area contributed by atoms with Gasteiger partial charge in [-0.15, -0.1) is 11.3 Å². The Bertz CT molecular complexity index is 344. The van der Waals surface area contributed by atoms with Crippen molar-refractivity contribution in [3.8, 4) is 0 Å². The number of carboxylic acid groups (broad SMARTS) is 1. The number of aryl methyl sites for hydroxylation is 1. The largest absolute Gasteiger partial charge is 0.481 e. The number of carboxylic acids is 1. The smallest absolute Gasteiger partial charge is 0.311 e. The molecule has 0 saturated heterocycles. The highest BCUT2D eigenvalue weighted by Crippen LogP contribution is 2.33. The molecule has 3 nitrogen and oxygen atoms in total. The van der Waals surface area contributed by atoms with Crippen molar-refractivity contribution in [3.63, 3.8) is 0 Å². The third-order valence-corrected chi connectivity index (χ3v) is 3.32. The van der Waals surface area contributed by atoms with Gasteiger partial charge in [0.25, 0.3) is 0 Å². The van der Waals surface area contributed by atoms with E-state index in [0.717, 1.165) is 10.4 Å². The zero-order valence-corrected chi connectivity index (χ0v) is 9.39. The van der Waals surface area contributed by atoms with Crippen LogP contribution >= 0.6 is 11.3 Å². The molecule has 0 aliphatic carbocycles. The molecule has 78 valence electrons. The molecule has 0 aliphatic heterocycles. The normalized spacial score (nSPS) is 14.0. The van der Waals surface area contributed by atoms with Crippen LogP contribution in [0.1, 0.15) is 30.3 Å². The van der Waals surface area contributed by atoms with Crippen molar-refractivity contribution in [3.05, 3.63) is 21.9 Å². The van der Waals surface area contributed by atoms with Gasteiger partial charge >= 0.3 is 5.97 Å². The second-order valence-corrected chi connectivity index (χ2v) is 5.11. The minimum Gasteiger partial charge on any atom is -0.481 e. The summed E-state index contributed by atoms with van der Waals surface area (Å²) in [6.07, 6.45) is 0. The van der Waals surface area contributed by atoms with Gasteiger partial charge in [-0.05, 0) is 37.8 Å². The van der Waals surface area contributed by atoms with Gasteiger partial charge in [0, 0.05) is 10.9 Å². The van der Waals surface area contributed by atoms with Crippen LogP contribution in [0.15, 0.2) is 11.4 Å². The molecular formula is C10H15NO2S. The summed E-state index contributed by atoms with van der Waals surface area (Å²) < 4.78 is 0. The molecule has 0 aromatic carbocycles. The molecular weight excluding hydrogens is 198 g/mol. The Morgan fingerprint density at radius 3 is 2.57 bits per heavy atom. The number of carbonyl (C=O) groups is 1. The highest BCUT2D eigenvalue weighted by atomic mass is 32.1. The Kier molecular flexibility index (Phi) is 2.97. The summed E-state index contributed by atoms with van der Waals surface area (Å²) in [5, 5.41) is 10.9. The quantitative estimate of drug-likeness (QED) is 0.808. The van der Waals surface area contributed by atoms with Crippen LogP contribution in [0.25, 0.3) is 0 Å². The molecule has 3 N–H and O–H groups in total. The molecule has 1 heterocycles. The lowest BCUT2D eigenvalue weighted by Crippen LogP contribution is -2.36. The molecule has 4 heteroatoms. The van der Waals surface area contributed by atoms with E-state index in [0.29, 0.717) is 0 Å². The van der Waals surface area contributed by atoms with Crippen molar-refractivity contribution in [1.29, 1.82) is 0 Å². The second kappa shape index (κ2) is 3.71. The molecule has 14 heavy (non-hydrogen) atoms. The lowest BCUT2D eigenvalue weighted by molar-refractivity contribution is -0.148. The van der Waals surface area contributed by atoms with Crippen molar-refractivity contribution in [2.45, 2.75) is 26.8 Å². The number of hydrogen-bond donors (Lipinski definition) is 2.